The van der Waals surface area contributed by atoms with Gasteiger partial charge in [-0.1, -0.05) is 38.8 Å². The highest BCUT2D eigenvalue weighted by Gasteiger charge is 2.13. The van der Waals surface area contributed by atoms with Crippen LogP contribution in [0.15, 0.2) is 18.2 Å². The van der Waals surface area contributed by atoms with Crippen molar-refractivity contribution in [3.8, 4) is 0 Å². The number of hydrogen-bond donors (Lipinski definition) is 1. The minimum atomic E-state index is -0.545. The second-order valence-corrected chi connectivity index (χ2v) is 4.65. The largest absolute Gasteiger partial charge is 0.388 e. The summed E-state index contributed by atoms with van der Waals surface area (Å²) >= 11 is 0. The Morgan fingerprint density at radius 2 is 2.06 bits per heavy atom. The molecule has 1 aromatic rings. The van der Waals surface area contributed by atoms with Crippen LogP contribution in [0.25, 0.3) is 0 Å². The summed E-state index contributed by atoms with van der Waals surface area (Å²) in [5.74, 6) is 0.240. The molecular formula is C14H21FO. The molecule has 0 spiro atoms. The van der Waals surface area contributed by atoms with Crippen LogP contribution in [-0.2, 0) is 0 Å². The third kappa shape index (κ3) is 3.60. The quantitative estimate of drug-likeness (QED) is 0.801. The van der Waals surface area contributed by atoms with Crippen LogP contribution < -0.4 is 0 Å². The molecule has 0 radical (unpaired) electrons. The van der Waals surface area contributed by atoms with E-state index in [-0.39, 0.29) is 5.82 Å². The van der Waals surface area contributed by atoms with E-state index in [4.69, 9.17) is 0 Å². The minimum Gasteiger partial charge on any atom is -0.388 e. The molecule has 0 bridgehead atoms. The fraction of sp³-hybridized carbons (Fsp3) is 0.571. The Bertz CT molecular complexity index is 336. The monoisotopic (exact) mass is 224 g/mol. The molecule has 0 aromatic heterocycles. The molecule has 1 nitrogen and oxygen atoms in total. The molecule has 0 saturated carbocycles. The lowest BCUT2D eigenvalue weighted by Gasteiger charge is -2.16. The summed E-state index contributed by atoms with van der Waals surface area (Å²) in [6.07, 6.45) is 2.38. The Balaban J connectivity index is 2.65. The van der Waals surface area contributed by atoms with E-state index in [0.29, 0.717) is 23.5 Å². The number of rotatable bonds is 5. The van der Waals surface area contributed by atoms with Crippen molar-refractivity contribution in [1.82, 2.24) is 0 Å². The molecule has 1 rings (SSSR count). The van der Waals surface area contributed by atoms with Gasteiger partial charge >= 0.3 is 0 Å². The van der Waals surface area contributed by atoms with Gasteiger partial charge in [-0.3, -0.25) is 0 Å². The van der Waals surface area contributed by atoms with Crippen LogP contribution in [0.4, 0.5) is 4.39 Å². The molecule has 2 unspecified atom stereocenters. The first-order chi connectivity index (χ1) is 7.54. The van der Waals surface area contributed by atoms with Gasteiger partial charge in [0.15, 0.2) is 0 Å². The fourth-order valence-corrected chi connectivity index (χ4v) is 1.94. The van der Waals surface area contributed by atoms with Crippen molar-refractivity contribution in [3.63, 3.8) is 0 Å². The molecule has 1 N–H and O–H groups in total. The summed E-state index contributed by atoms with van der Waals surface area (Å²) in [6.45, 7) is 5.98. The van der Waals surface area contributed by atoms with E-state index in [0.717, 1.165) is 12.8 Å². The smallest absolute Gasteiger partial charge is 0.126 e. The van der Waals surface area contributed by atoms with Gasteiger partial charge in [0.2, 0.25) is 0 Å². The molecule has 0 aliphatic rings. The molecule has 0 heterocycles. The van der Waals surface area contributed by atoms with Crippen LogP contribution in [0.1, 0.15) is 50.3 Å². The maximum absolute atomic E-state index is 13.3. The summed E-state index contributed by atoms with van der Waals surface area (Å²) in [5, 5.41) is 9.97. The summed E-state index contributed by atoms with van der Waals surface area (Å²) < 4.78 is 13.3. The number of aliphatic hydroxyl groups excluding tert-OH is 1. The van der Waals surface area contributed by atoms with Gasteiger partial charge in [-0.15, -0.1) is 0 Å². The van der Waals surface area contributed by atoms with Crippen LogP contribution >= 0.6 is 0 Å². The lowest BCUT2D eigenvalue weighted by atomic mass is 9.94. The lowest BCUT2D eigenvalue weighted by Crippen LogP contribution is -2.05. The van der Waals surface area contributed by atoms with Crippen molar-refractivity contribution < 1.29 is 9.50 Å². The van der Waals surface area contributed by atoms with E-state index in [1.54, 1.807) is 13.0 Å². The van der Waals surface area contributed by atoms with Crippen molar-refractivity contribution >= 4 is 0 Å². The Labute approximate surface area is 97.3 Å². The SMILES string of the molecule is CCCC(C)CC(O)c1ccc(C)c(F)c1. The first-order valence-electron chi connectivity index (χ1n) is 5.98. The zero-order chi connectivity index (χ0) is 12.1. The zero-order valence-corrected chi connectivity index (χ0v) is 10.3. The topological polar surface area (TPSA) is 20.2 Å². The van der Waals surface area contributed by atoms with Crippen LogP contribution in [0, 0.1) is 18.7 Å². The molecule has 90 valence electrons. The van der Waals surface area contributed by atoms with Crippen molar-refractivity contribution in [1.29, 1.82) is 0 Å². The summed E-state index contributed by atoms with van der Waals surface area (Å²) in [7, 11) is 0. The Morgan fingerprint density at radius 3 is 2.62 bits per heavy atom. The average Bonchev–Trinajstić information content (AvgIpc) is 2.22. The van der Waals surface area contributed by atoms with Gasteiger partial charge in [0.05, 0.1) is 6.10 Å². The minimum absolute atomic E-state index is 0.236. The highest BCUT2D eigenvalue weighted by atomic mass is 19.1. The molecule has 0 amide bonds. The molecule has 16 heavy (non-hydrogen) atoms. The van der Waals surface area contributed by atoms with E-state index in [1.807, 2.05) is 6.07 Å². The number of hydrogen-bond acceptors (Lipinski definition) is 1. The molecule has 0 fully saturated rings. The van der Waals surface area contributed by atoms with Gasteiger partial charge in [0, 0.05) is 0 Å². The number of benzene rings is 1. The highest BCUT2D eigenvalue weighted by Crippen LogP contribution is 2.24. The van der Waals surface area contributed by atoms with E-state index < -0.39 is 6.10 Å². The van der Waals surface area contributed by atoms with E-state index in [2.05, 4.69) is 13.8 Å². The van der Waals surface area contributed by atoms with Gasteiger partial charge in [-0.2, -0.15) is 0 Å². The van der Waals surface area contributed by atoms with Gasteiger partial charge < -0.3 is 5.11 Å². The fourth-order valence-electron chi connectivity index (χ4n) is 1.94. The normalized spacial score (nSPS) is 14.8. The summed E-state index contributed by atoms with van der Waals surface area (Å²) in [6, 6.07) is 4.97. The Hall–Kier alpha value is -0.890. The summed E-state index contributed by atoms with van der Waals surface area (Å²) in [4.78, 5) is 0. The predicted octanol–water partition coefficient (Wildman–Crippen LogP) is 3.99. The predicted molar refractivity (Wildman–Crippen MR) is 64.8 cm³/mol. The average molecular weight is 224 g/mol. The Kier molecular flexibility index (Phi) is 4.94. The van der Waals surface area contributed by atoms with Crippen molar-refractivity contribution in [2.24, 2.45) is 5.92 Å². The maximum Gasteiger partial charge on any atom is 0.126 e. The first-order valence-corrected chi connectivity index (χ1v) is 5.98. The third-order valence-electron chi connectivity index (χ3n) is 2.99. The van der Waals surface area contributed by atoms with Crippen LogP contribution in [0.3, 0.4) is 0 Å². The van der Waals surface area contributed by atoms with Crippen LogP contribution in [0.5, 0.6) is 0 Å². The second-order valence-electron chi connectivity index (χ2n) is 4.65. The van der Waals surface area contributed by atoms with Crippen LogP contribution in [-0.4, -0.2) is 5.11 Å². The molecule has 2 heteroatoms. The van der Waals surface area contributed by atoms with Gasteiger partial charge in [0.1, 0.15) is 5.82 Å². The van der Waals surface area contributed by atoms with E-state index in [1.165, 1.54) is 6.07 Å². The molecule has 1 aromatic carbocycles. The van der Waals surface area contributed by atoms with Crippen molar-refractivity contribution in [2.45, 2.75) is 46.1 Å². The standard InChI is InChI=1S/C14H21FO/c1-4-5-10(2)8-14(16)12-7-6-11(3)13(15)9-12/h6-7,9-10,14,16H,4-5,8H2,1-3H3. The third-order valence-corrected chi connectivity index (χ3v) is 2.99. The second kappa shape index (κ2) is 6.00. The van der Waals surface area contributed by atoms with Gasteiger partial charge in [-0.05, 0) is 36.5 Å². The number of aryl methyl sites for hydroxylation is 1. The maximum atomic E-state index is 13.3. The number of halogens is 1. The molecular weight excluding hydrogens is 203 g/mol. The summed E-state index contributed by atoms with van der Waals surface area (Å²) in [5.41, 5.74) is 1.31. The number of aliphatic hydroxyl groups is 1. The van der Waals surface area contributed by atoms with Gasteiger partial charge in [0.25, 0.3) is 0 Å². The zero-order valence-electron chi connectivity index (χ0n) is 10.3. The first kappa shape index (κ1) is 13.2. The van der Waals surface area contributed by atoms with Crippen molar-refractivity contribution in [3.05, 3.63) is 35.1 Å². The highest BCUT2D eigenvalue weighted by molar-refractivity contribution is 5.24. The molecule has 0 saturated heterocycles. The molecule has 0 aliphatic carbocycles. The van der Waals surface area contributed by atoms with E-state index in [9.17, 15) is 9.50 Å². The van der Waals surface area contributed by atoms with Crippen LogP contribution in [0.2, 0.25) is 0 Å². The van der Waals surface area contributed by atoms with Crippen molar-refractivity contribution in [2.75, 3.05) is 0 Å². The van der Waals surface area contributed by atoms with Gasteiger partial charge in [-0.25, -0.2) is 4.39 Å². The lowest BCUT2D eigenvalue weighted by molar-refractivity contribution is 0.144. The molecule has 2 atom stereocenters. The Morgan fingerprint density at radius 1 is 1.38 bits per heavy atom. The molecule has 0 aliphatic heterocycles. The van der Waals surface area contributed by atoms with E-state index >= 15 is 0 Å².